The Morgan fingerprint density at radius 1 is 1.10 bits per heavy atom. The van der Waals surface area contributed by atoms with Crippen LogP contribution in [0.2, 0.25) is 0 Å². The van der Waals surface area contributed by atoms with Gasteiger partial charge in [0, 0.05) is 17.7 Å². The van der Waals surface area contributed by atoms with Crippen molar-refractivity contribution in [3.63, 3.8) is 0 Å². The molecule has 0 fully saturated rings. The van der Waals surface area contributed by atoms with Crippen LogP contribution in [0.5, 0.6) is 0 Å². The van der Waals surface area contributed by atoms with E-state index in [0.717, 1.165) is 5.56 Å². The van der Waals surface area contributed by atoms with Crippen molar-refractivity contribution in [2.75, 3.05) is 7.05 Å². The predicted molar refractivity (Wildman–Crippen MR) is 77.3 cm³/mol. The summed E-state index contributed by atoms with van der Waals surface area (Å²) in [5, 5.41) is 15.3. The smallest absolute Gasteiger partial charge is 0.205 e. The number of nitrogens with zero attached hydrogens (tertiary/aromatic N) is 4. The van der Waals surface area contributed by atoms with Crippen molar-refractivity contribution >= 4 is 0 Å². The van der Waals surface area contributed by atoms with Gasteiger partial charge in [-0.1, -0.05) is 36.4 Å². The molecule has 0 aliphatic carbocycles. The number of benzene rings is 2. The second kappa shape index (κ2) is 5.80. The molecule has 0 amide bonds. The number of halogens is 1. The van der Waals surface area contributed by atoms with Crippen molar-refractivity contribution < 1.29 is 4.39 Å². The number of tetrazole rings is 1. The monoisotopic (exact) mass is 283 g/mol. The Morgan fingerprint density at radius 2 is 1.90 bits per heavy atom. The van der Waals surface area contributed by atoms with Crippen LogP contribution in [0.3, 0.4) is 0 Å². The summed E-state index contributed by atoms with van der Waals surface area (Å²) in [4.78, 5) is 1.36. The third-order valence-electron chi connectivity index (χ3n) is 3.11. The topological polar surface area (TPSA) is 55.6 Å². The zero-order valence-electron chi connectivity index (χ0n) is 11.5. The van der Waals surface area contributed by atoms with E-state index in [9.17, 15) is 4.39 Å². The molecule has 21 heavy (non-hydrogen) atoms. The van der Waals surface area contributed by atoms with Gasteiger partial charge in [0.15, 0.2) is 0 Å². The number of rotatable bonds is 4. The third-order valence-corrected chi connectivity index (χ3v) is 3.11. The van der Waals surface area contributed by atoms with Gasteiger partial charge in [-0.3, -0.25) is 0 Å². The van der Waals surface area contributed by atoms with Crippen LogP contribution in [-0.2, 0) is 6.54 Å². The first-order valence-corrected chi connectivity index (χ1v) is 6.57. The van der Waals surface area contributed by atoms with Crippen molar-refractivity contribution in [1.29, 1.82) is 0 Å². The standard InChI is InChI=1S/C15H14FN5/c1-17-10-12-13(16)8-5-9-14(12)21-19-15(18-20-21)11-6-3-2-4-7-11/h2-9,17H,10H2,1H3. The van der Waals surface area contributed by atoms with E-state index >= 15 is 0 Å². The highest BCUT2D eigenvalue weighted by molar-refractivity contribution is 5.53. The zero-order chi connectivity index (χ0) is 14.7. The summed E-state index contributed by atoms with van der Waals surface area (Å²) >= 11 is 0. The summed E-state index contributed by atoms with van der Waals surface area (Å²) in [6, 6.07) is 14.4. The molecule has 106 valence electrons. The summed E-state index contributed by atoms with van der Waals surface area (Å²) in [5.41, 5.74) is 1.96. The van der Waals surface area contributed by atoms with Gasteiger partial charge < -0.3 is 5.32 Å². The van der Waals surface area contributed by atoms with E-state index in [1.807, 2.05) is 30.3 Å². The molecule has 0 unspecified atom stereocenters. The number of nitrogens with one attached hydrogen (secondary N) is 1. The van der Waals surface area contributed by atoms with Gasteiger partial charge in [-0.05, 0) is 24.4 Å². The minimum absolute atomic E-state index is 0.291. The molecule has 0 saturated carbocycles. The molecule has 3 rings (SSSR count). The van der Waals surface area contributed by atoms with E-state index in [2.05, 4.69) is 20.7 Å². The molecule has 0 radical (unpaired) electrons. The molecule has 0 aliphatic heterocycles. The molecule has 1 heterocycles. The lowest BCUT2D eigenvalue weighted by molar-refractivity contribution is 0.591. The molecule has 3 aromatic rings. The lowest BCUT2D eigenvalue weighted by atomic mass is 10.1. The summed E-state index contributed by atoms with van der Waals surface area (Å²) in [6.07, 6.45) is 0. The first-order chi connectivity index (χ1) is 10.3. The summed E-state index contributed by atoms with van der Waals surface area (Å²) in [6.45, 7) is 0.393. The van der Waals surface area contributed by atoms with E-state index < -0.39 is 0 Å². The van der Waals surface area contributed by atoms with Gasteiger partial charge in [-0.2, -0.15) is 0 Å². The Kier molecular flexibility index (Phi) is 3.70. The van der Waals surface area contributed by atoms with Gasteiger partial charge in [0.1, 0.15) is 5.82 Å². The van der Waals surface area contributed by atoms with Gasteiger partial charge in [0.05, 0.1) is 5.69 Å². The van der Waals surface area contributed by atoms with Crippen LogP contribution in [0.25, 0.3) is 17.1 Å². The predicted octanol–water partition coefficient (Wildman–Crippen LogP) is 2.19. The molecule has 0 saturated heterocycles. The van der Waals surface area contributed by atoms with E-state index in [1.165, 1.54) is 10.9 Å². The van der Waals surface area contributed by atoms with Crippen LogP contribution in [0.4, 0.5) is 4.39 Å². The average Bonchev–Trinajstić information content (AvgIpc) is 3.00. The lowest BCUT2D eigenvalue weighted by Gasteiger charge is -2.08. The van der Waals surface area contributed by atoms with Crippen LogP contribution < -0.4 is 5.32 Å². The molecule has 5 nitrogen and oxygen atoms in total. The fraction of sp³-hybridized carbons (Fsp3) is 0.133. The number of hydrogen-bond donors (Lipinski definition) is 1. The average molecular weight is 283 g/mol. The molecule has 0 aliphatic rings. The fourth-order valence-corrected chi connectivity index (χ4v) is 2.11. The van der Waals surface area contributed by atoms with Crippen LogP contribution in [0, 0.1) is 5.82 Å². The Morgan fingerprint density at radius 3 is 2.67 bits per heavy atom. The molecule has 1 aromatic heterocycles. The third kappa shape index (κ3) is 2.66. The number of hydrogen-bond acceptors (Lipinski definition) is 4. The van der Waals surface area contributed by atoms with Gasteiger partial charge >= 0.3 is 0 Å². The Hall–Kier alpha value is -2.60. The van der Waals surface area contributed by atoms with Crippen LogP contribution in [-0.4, -0.2) is 27.3 Å². The molecule has 0 spiro atoms. The highest BCUT2D eigenvalue weighted by atomic mass is 19.1. The number of aromatic nitrogens is 4. The lowest BCUT2D eigenvalue weighted by Crippen LogP contribution is -2.12. The SMILES string of the molecule is CNCc1c(F)cccc1-n1nnc(-c2ccccc2)n1. The van der Waals surface area contributed by atoms with Crippen molar-refractivity contribution in [3.05, 3.63) is 59.9 Å². The van der Waals surface area contributed by atoms with E-state index in [-0.39, 0.29) is 5.82 Å². The molecule has 2 aromatic carbocycles. The van der Waals surface area contributed by atoms with Gasteiger partial charge in [0.2, 0.25) is 5.82 Å². The first-order valence-electron chi connectivity index (χ1n) is 6.57. The Labute approximate surface area is 121 Å². The molecule has 0 atom stereocenters. The maximum absolute atomic E-state index is 13.9. The summed E-state index contributed by atoms with van der Waals surface area (Å²) in [5.74, 6) is 0.218. The van der Waals surface area contributed by atoms with E-state index in [4.69, 9.17) is 0 Å². The van der Waals surface area contributed by atoms with Crippen LogP contribution in [0.15, 0.2) is 48.5 Å². The zero-order valence-corrected chi connectivity index (χ0v) is 11.5. The first kappa shape index (κ1) is 13.4. The highest BCUT2D eigenvalue weighted by Gasteiger charge is 2.13. The Bertz CT molecular complexity index is 739. The van der Waals surface area contributed by atoms with E-state index in [0.29, 0.717) is 23.6 Å². The summed E-state index contributed by atoms with van der Waals surface area (Å²) < 4.78 is 13.9. The molecular weight excluding hydrogens is 269 g/mol. The molecule has 0 bridgehead atoms. The minimum Gasteiger partial charge on any atom is -0.316 e. The molecule has 1 N–H and O–H groups in total. The van der Waals surface area contributed by atoms with Crippen molar-refractivity contribution in [1.82, 2.24) is 25.5 Å². The Balaban J connectivity index is 2.03. The van der Waals surface area contributed by atoms with Gasteiger partial charge in [-0.25, -0.2) is 4.39 Å². The molecule has 6 heteroatoms. The largest absolute Gasteiger partial charge is 0.316 e. The maximum Gasteiger partial charge on any atom is 0.205 e. The molecular formula is C15H14FN5. The van der Waals surface area contributed by atoms with Crippen LogP contribution >= 0.6 is 0 Å². The second-order valence-corrected chi connectivity index (χ2v) is 4.54. The van der Waals surface area contributed by atoms with Crippen molar-refractivity contribution in [2.45, 2.75) is 6.54 Å². The highest BCUT2D eigenvalue weighted by Crippen LogP contribution is 2.18. The quantitative estimate of drug-likeness (QED) is 0.797. The summed E-state index contributed by atoms with van der Waals surface area (Å²) in [7, 11) is 1.76. The van der Waals surface area contributed by atoms with E-state index in [1.54, 1.807) is 19.2 Å². The minimum atomic E-state index is -0.291. The normalized spacial score (nSPS) is 10.8. The second-order valence-electron chi connectivity index (χ2n) is 4.54. The van der Waals surface area contributed by atoms with Gasteiger partial charge in [0.25, 0.3) is 0 Å². The fourth-order valence-electron chi connectivity index (χ4n) is 2.11. The van der Waals surface area contributed by atoms with Crippen LogP contribution in [0.1, 0.15) is 5.56 Å². The van der Waals surface area contributed by atoms with Crippen molar-refractivity contribution in [3.8, 4) is 17.1 Å². The maximum atomic E-state index is 13.9. The van der Waals surface area contributed by atoms with Gasteiger partial charge in [-0.15, -0.1) is 15.0 Å². The van der Waals surface area contributed by atoms with Crippen molar-refractivity contribution in [2.24, 2.45) is 0 Å².